The number of rotatable bonds is 6. The minimum atomic E-state index is -0.372. The van der Waals surface area contributed by atoms with Gasteiger partial charge in [0.1, 0.15) is 0 Å². The zero-order valence-electron chi connectivity index (χ0n) is 21.7. The van der Waals surface area contributed by atoms with Crippen molar-refractivity contribution >= 4 is 23.8 Å². The van der Waals surface area contributed by atoms with Crippen molar-refractivity contribution in [2.75, 3.05) is 32.8 Å². The van der Waals surface area contributed by atoms with Gasteiger partial charge in [-0.05, 0) is 56.4 Å². The molecule has 0 aromatic heterocycles. The van der Waals surface area contributed by atoms with Gasteiger partial charge in [-0.25, -0.2) is 4.79 Å². The van der Waals surface area contributed by atoms with Gasteiger partial charge in [-0.3, -0.25) is 24.2 Å². The van der Waals surface area contributed by atoms with Gasteiger partial charge < -0.3 is 15.0 Å². The van der Waals surface area contributed by atoms with Gasteiger partial charge in [0.15, 0.2) is 0 Å². The van der Waals surface area contributed by atoms with Crippen LogP contribution in [-0.4, -0.2) is 83.4 Å². The fourth-order valence-corrected chi connectivity index (χ4v) is 5.60. The van der Waals surface area contributed by atoms with Crippen LogP contribution >= 0.6 is 0 Å². The molecular weight excluding hydrogens is 484 g/mol. The summed E-state index contributed by atoms with van der Waals surface area (Å²) in [6.45, 7) is 5.63. The van der Waals surface area contributed by atoms with E-state index < -0.39 is 0 Å². The number of likely N-dealkylation sites (tertiary alicyclic amines) is 2. The number of ether oxygens (including phenoxy) is 1. The van der Waals surface area contributed by atoms with E-state index in [1.807, 2.05) is 18.2 Å². The third-order valence-electron chi connectivity index (χ3n) is 7.71. The van der Waals surface area contributed by atoms with Gasteiger partial charge in [0.25, 0.3) is 17.7 Å². The molecule has 0 saturated carbocycles. The second-order valence-corrected chi connectivity index (χ2v) is 10.2. The standard InChI is InChI=1S/C29H34N4O5/c1-2-38-29(37)32-16-12-23(13-17-32)33-27(35)24-9-8-21(18-25(24)28(33)36)26(34)30-22-10-14-31(15-11-22)19-20-6-4-3-5-7-20/h3-9,18,22-23H,2,10-17,19H2,1H3,(H,30,34). The molecule has 38 heavy (non-hydrogen) atoms. The maximum absolute atomic E-state index is 13.2. The van der Waals surface area contributed by atoms with E-state index in [1.54, 1.807) is 30.0 Å². The van der Waals surface area contributed by atoms with Gasteiger partial charge in [0.2, 0.25) is 0 Å². The van der Waals surface area contributed by atoms with Gasteiger partial charge in [-0.1, -0.05) is 30.3 Å². The highest BCUT2D eigenvalue weighted by Gasteiger charge is 2.42. The van der Waals surface area contributed by atoms with E-state index in [-0.39, 0.29) is 41.5 Å². The van der Waals surface area contributed by atoms with Crippen LogP contribution in [0.4, 0.5) is 4.79 Å². The number of fused-ring (bicyclic) bond motifs is 1. The Morgan fingerprint density at radius 3 is 2.26 bits per heavy atom. The summed E-state index contributed by atoms with van der Waals surface area (Å²) < 4.78 is 5.05. The first-order chi connectivity index (χ1) is 18.4. The van der Waals surface area contributed by atoms with Crippen LogP contribution in [0.1, 0.15) is 69.2 Å². The predicted octanol–water partition coefficient (Wildman–Crippen LogP) is 3.30. The second-order valence-electron chi connectivity index (χ2n) is 10.2. The lowest BCUT2D eigenvalue weighted by molar-refractivity contribution is 0.0485. The molecule has 3 heterocycles. The van der Waals surface area contributed by atoms with E-state index in [4.69, 9.17) is 4.74 Å². The Labute approximate surface area is 222 Å². The molecule has 2 aromatic carbocycles. The van der Waals surface area contributed by atoms with Gasteiger partial charge in [0.05, 0.1) is 17.7 Å². The number of piperidine rings is 2. The highest BCUT2D eigenvalue weighted by atomic mass is 16.6. The smallest absolute Gasteiger partial charge is 0.409 e. The van der Waals surface area contributed by atoms with Crippen LogP contribution in [0.25, 0.3) is 0 Å². The summed E-state index contributed by atoms with van der Waals surface area (Å²) in [5, 5.41) is 3.11. The minimum absolute atomic E-state index is 0.0705. The monoisotopic (exact) mass is 518 g/mol. The molecule has 3 aliphatic heterocycles. The molecule has 0 bridgehead atoms. The average Bonchev–Trinajstić information content (AvgIpc) is 3.19. The van der Waals surface area contributed by atoms with Crippen LogP contribution in [0.5, 0.6) is 0 Å². The molecular formula is C29H34N4O5. The summed E-state index contributed by atoms with van der Waals surface area (Å²) in [6, 6.07) is 14.9. The third kappa shape index (κ3) is 5.43. The number of nitrogens with one attached hydrogen (secondary N) is 1. The zero-order chi connectivity index (χ0) is 26.6. The van der Waals surface area contributed by atoms with E-state index in [0.29, 0.717) is 43.7 Å². The van der Waals surface area contributed by atoms with Crippen molar-refractivity contribution in [3.63, 3.8) is 0 Å². The van der Waals surface area contributed by atoms with E-state index in [0.717, 1.165) is 32.5 Å². The SMILES string of the molecule is CCOC(=O)N1CCC(N2C(=O)c3ccc(C(=O)NC4CCN(Cc5ccccc5)CC4)cc3C2=O)CC1. The van der Waals surface area contributed by atoms with Crippen LogP contribution in [0.3, 0.4) is 0 Å². The molecule has 2 fully saturated rings. The number of hydrogen-bond donors (Lipinski definition) is 1. The van der Waals surface area contributed by atoms with Crippen molar-refractivity contribution in [2.24, 2.45) is 0 Å². The normalized spacial score (nSPS) is 19.0. The van der Waals surface area contributed by atoms with Crippen molar-refractivity contribution in [1.82, 2.24) is 20.0 Å². The molecule has 4 amide bonds. The molecule has 2 saturated heterocycles. The first-order valence-electron chi connectivity index (χ1n) is 13.5. The van der Waals surface area contributed by atoms with E-state index in [9.17, 15) is 19.2 Å². The lowest BCUT2D eigenvalue weighted by atomic mass is 10.0. The van der Waals surface area contributed by atoms with Gasteiger partial charge in [-0.15, -0.1) is 0 Å². The van der Waals surface area contributed by atoms with Crippen molar-refractivity contribution in [3.8, 4) is 0 Å². The number of hydrogen-bond acceptors (Lipinski definition) is 6. The van der Waals surface area contributed by atoms with Crippen LogP contribution in [0.2, 0.25) is 0 Å². The Hall–Kier alpha value is -3.72. The largest absolute Gasteiger partial charge is 0.450 e. The lowest BCUT2D eigenvalue weighted by Gasteiger charge is -2.35. The molecule has 9 nitrogen and oxygen atoms in total. The summed E-state index contributed by atoms with van der Waals surface area (Å²) in [5.74, 6) is -0.934. The Bertz CT molecular complexity index is 1200. The summed E-state index contributed by atoms with van der Waals surface area (Å²) in [6.07, 6.45) is 2.35. The molecule has 0 aliphatic carbocycles. The van der Waals surface area contributed by atoms with Crippen LogP contribution < -0.4 is 5.32 Å². The summed E-state index contributed by atoms with van der Waals surface area (Å²) in [5.41, 5.74) is 2.27. The van der Waals surface area contributed by atoms with Crippen molar-refractivity contribution in [1.29, 1.82) is 0 Å². The zero-order valence-corrected chi connectivity index (χ0v) is 21.7. The Kier molecular flexibility index (Phi) is 7.74. The minimum Gasteiger partial charge on any atom is -0.450 e. The summed E-state index contributed by atoms with van der Waals surface area (Å²) >= 11 is 0. The van der Waals surface area contributed by atoms with Crippen LogP contribution in [-0.2, 0) is 11.3 Å². The van der Waals surface area contributed by atoms with Gasteiger partial charge in [0, 0.05) is 50.4 Å². The lowest BCUT2D eigenvalue weighted by Crippen LogP contribution is -2.48. The topological polar surface area (TPSA) is 99.3 Å². The number of amides is 4. The Morgan fingerprint density at radius 1 is 0.895 bits per heavy atom. The molecule has 0 atom stereocenters. The summed E-state index contributed by atoms with van der Waals surface area (Å²) in [4.78, 5) is 56.6. The first kappa shape index (κ1) is 25.9. The summed E-state index contributed by atoms with van der Waals surface area (Å²) in [7, 11) is 0. The maximum Gasteiger partial charge on any atom is 0.409 e. The fraction of sp³-hybridized carbons (Fsp3) is 0.448. The van der Waals surface area contributed by atoms with Crippen molar-refractivity contribution in [3.05, 3.63) is 70.8 Å². The number of nitrogens with zero attached hydrogens (tertiary/aromatic N) is 3. The van der Waals surface area contributed by atoms with Crippen molar-refractivity contribution in [2.45, 2.75) is 51.2 Å². The fourth-order valence-electron chi connectivity index (χ4n) is 5.60. The molecule has 9 heteroatoms. The van der Waals surface area contributed by atoms with Gasteiger partial charge in [-0.2, -0.15) is 0 Å². The van der Waals surface area contributed by atoms with Gasteiger partial charge >= 0.3 is 6.09 Å². The van der Waals surface area contributed by atoms with E-state index in [1.165, 1.54) is 10.5 Å². The van der Waals surface area contributed by atoms with E-state index >= 15 is 0 Å². The Morgan fingerprint density at radius 2 is 1.58 bits per heavy atom. The van der Waals surface area contributed by atoms with Crippen LogP contribution in [0, 0.1) is 0 Å². The number of imide groups is 1. The highest BCUT2D eigenvalue weighted by molar-refractivity contribution is 6.22. The molecule has 0 unspecified atom stereocenters. The molecule has 200 valence electrons. The number of benzene rings is 2. The average molecular weight is 519 g/mol. The predicted molar refractivity (Wildman–Crippen MR) is 141 cm³/mol. The van der Waals surface area contributed by atoms with Crippen LogP contribution in [0.15, 0.2) is 48.5 Å². The number of carbonyl (C=O) groups is 4. The number of carbonyl (C=O) groups excluding carboxylic acids is 4. The first-order valence-corrected chi connectivity index (χ1v) is 13.5. The quantitative estimate of drug-likeness (QED) is 0.590. The maximum atomic E-state index is 13.2. The molecule has 0 spiro atoms. The Balaban J connectivity index is 1.16. The molecule has 1 N–H and O–H groups in total. The molecule has 3 aliphatic rings. The molecule has 0 radical (unpaired) electrons. The third-order valence-corrected chi connectivity index (χ3v) is 7.71. The van der Waals surface area contributed by atoms with Crippen molar-refractivity contribution < 1.29 is 23.9 Å². The highest BCUT2D eigenvalue weighted by Crippen LogP contribution is 2.29. The second kappa shape index (κ2) is 11.3. The molecule has 5 rings (SSSR count). The molecule has 2 aromatic rings. The van der Waals surface area contributed by atoms with E-state index in [2.05, 4.69) is 22.3 Å².